The van der Waals surface area contributed by atoms with Crippen LogP contribution in [-0.2, 0) is 10.3 Å². The molecule has 0 spiro atoms. The number of carbonyl (C=O) groups is 2. The van der Waals surface area contributed by atoms with Gasteiger partial charge < -0.3 is 9.73 Å². The normalized spacial score (nSPS) is 22.3. The number of amides is 3. The van der Waals surface area contributed by atoms with Gasteiger partial charge in [0, 0.05) is 6.54 Å². The Morgan fingerprint density at radius 2 is 2.19 bits per heavy atom. The molecule has 2 heterocycles. The Morgan fingerprint density at radius 3 is 2.76 bits per heavy atom. The highest BCUT2D eigenvalue weighted by atomic mass is 16.3. The number of imide groups is 1. The molecule has 1 atom stereocenters. The second-order valence-electron chi connectivity index (χ2n) is 6.09. The van der Waals surface area contributed by atoms with Crippen molar-refractivity contribution in [3.63, 3.8) is 0 Å². The van der Waals surface area contributed by atoms with Gasteiger partial charge in [0.1, 0.15) is 5.76 Å². The molecular formula is C15H19N3O3. The summed E-state index contributed by atoms with van der Waals surface area (Å²) in [5.74, 6) is 0.0953. The molecule has 0 bridgehead atoms. The first-order chi connectivity index (χ1) is 9.80. The quantitative estimate of drug-likeness (QED) is 0.843. The highest BCUT2D eigenvalue weighted by Gasteiger charge is 2.50. The smallest absolute Gasteiger partial charge is 0.325 e. The minimum absolute atomic E-state index is 0.298. The number of hydrogen-bond acceptors (Lipinski definition) is 4. The highest BCUT2D eigenvalue weighted by Crippen LogP contribution is 2.30. The molecule has 0 aliphatic carbocycles. The summed E-state index contributed by atoms with van der Waals surface area (Å²) in [6.07, 6.45) is 2.68. The molecule has 112 valence electrons. The number of nitriles is 1. The Hall–Kier alpha value is -2.29. The summed E-state index contributed by atoms with van der Waals surface area (Å²) in [5.41, 5.74) is -1.60. The molecule has 1 aromatic rings. The fraction of sp³-hybridized carbons (Fsp3) is 0.533. The fourth-order valence-electron chi connectivity index (χ4n) is 2.37. The Kier molecular flexibility index (Phi) is 3.77. The molecule has 0 aromatic carbocycles. The molecule has 2 rings (SSSR count). The highest BCUT2D eigenvalue weighted by molar-refractivity contribution is 6.06. The minimum Gasteiger partial charge on any atom is -0.466 e. The third kappa shape index (κ3) is 2.77. The van der Waals surface area contributed by atoms with E-state index in [0.29, 0.717) is 25.1 Å². The van der Waals surface area contributed by atoms with Crippen LogP contribution in [0.3, 0.4) is 0 Å². The molecule has 6 heteroatoms. The van der Waals surface area contributed by atoms with Crippen LogP contribution in [0.15, 0.2) is 22.8 Å². The zero-order chi connectivity index (χ0) is 15.7. The molecule has 1 saturated heterocycles. The maximum absolute atomic E-state index is 12.5. The van der Waals surface area contributed by atoms with Crippen LogP contribution in [0.1, 0.15) is 39.4 Å². The number of nitrogens with one attached hydrogen (secondary N) is 1. The summed E-state index contributed by atoms with van der Waals surface area (Å²) in [6.45, 7) is 5.61. The molecule has 6 nitrogen and oxygen atoms in total. The maximum atomic E-state index is 12.5. The fourth-order valence-corrected chi connectivity index (χ4v) is 2.37. The molecule has 1 N–H and O–H groups in total. The first kappa shape index (κ1) is 15.1. The lowest BCUT2D eigenvalue weighted by atomic mass is 9.90. The van der Waals surface area contributed by atoms with E-state index in [1.165, 1.54) is 11.2 Å². The SMILES string of the molecule is CC(C)(C#N)CCCN1C(=O)NC(C)(c2ccco2)C1=O. The Bertz CT molecular complexity index is 586. The van der Waals surface area contributed by atoms with Gasteiger partial charge in [0.15, 0.2) is 5.54 Å². The zero-order valence-corrected chi connectivity index (χ0v) is 12.5. The minimum atomic E-state index is -1.15. The van der Waals surface area contributed by atoms with Crippen molar-refractivity contribution in [2.75, 3.05) is 6.54 Å². The van der Waals surface area contributed by atoms with Crippen molar-refractivity contribution < 1.29 is 14.0 Å². The lowest BCUT2D eigenvalue weighted by Gasteiger charge is -2.20. The monoisotopic (exact) mass is 289 g/mol. The van der Waals surface area contributed by atoms with Gasteiger partial charge in [0.2, 0.25) is 0 Å². The lowest BCUT2D eigenvalue weighted by molar-refractivity contribution is -0.131. The van der Waals surface area contributed by atoms with Crippen LogP contribution in [0.5, 0.6) is 0 Å². The molecule has 0 saturated carbocycles. The number of nitrogens with zero attached hydrogens (tertiary/aromatic N) is 2. The summed E-state index contributed by atoms with van der Waals surface area (Å²) in [4.78, 5) is 25.7. The number of urea groups is 1. The van der Waals surface area contributed by atoms with Gasteiger partial charge >= 0.3 is 6.03 Å². The van der Waals surface area contributed by atoms with Gasteiger partial charge in [0.25, 0.3) is 5.91 Å². The third-order valence-corrected chi connectivity index (χ3v) is 3.78. The molecule has 0 radical (unpaired) electrons. The molecule has 1 fully saturated rings. The molecule has 21 heavy (non-hydrogen) atoms. The second kappa shape index (κ2) is 5.24. The first-order valence-corrected chi connectivity index (χ1v) is 6.89. The van der Waals surface area contributed by atoms with Gasteiger partial charge in [-0.3, -0.25) is 9.69 Å². The van der Waals surface area contributed by atoms with Crippen molar-refractivity contribution >= 4 is 11.9 Å². The van der Waals surface area contributed by atoms with E-state index < -0.39 is 17.0 Å². The van der Waals surface area contributed by atoms with Gasteiger partial charge in [-0.2, -0.15) is 5.26 Å². The van der Waals surface area contributed by atoms with Gasteiger partial charge in [-0.05, 0) is 45.7 Å². The van der Waals surface area contributed by atoms with Crippen molar-refractivity contribution in [2.45, 2.75) is 39.2 Å². The summed E-state index contributed by atoms with van der Waals surface area (Å²) in [7, 11) is 0. The van der Waals surface area contributed by atoms with E-state index in [1.54, 1.807) is 19.1 Å². The van der Waals surface area contributed by atoms with Crippen LogP contribution in [0, 0.1) is 16.7 Å². The van der Waals surface area contributed by atoms with Crippen LogP contribution in [-0.4, -0.2) is 23.4 Å². The predicted molar refractivity (Wildman–Crippen MR) is 74.9 cm³/mol. The summed E-state index contributed by atoms with van der Waals surface area (Å²) < 4.78 is 5.26. The first-order valence-electron chi connectivity index (χ1n) is 6.89. The van der Waals surface area contributed by atoms with Gasteiger partial charge in [0.05, 0.1) is 17.7 Å². The average molecular weight is 289 g/mol. The average Bonchev–Trinajstić information content (AvgIpc) is 3.03. The van der Waals surface area contributed by atoms with E-state index in [4.69, 9.17) is 9.68 Å². The molecule has 1 aromatic heterocycles. The van der Waals surface area contributed by atoms with Gasteiger partial charge in [-0.25, -0.2) is 4.79 Å². The van der Waals surface area contributed by atoms with Crippen molar-refractivity contribution in [1.82, 2.24) is 10.2 Å². The standard InChI is InChI=1S/C15H19N3O3/c1-14(2,10-16)7-5-8-18-12(19)15(3,17-13(18)20)11-6-4-9-21-11/h4,6,9H,5,7-8H2,1-3H3,(H,17,20). The van der Waals surface area contributed by atoms with Crippen LogP contribution in [0.2, 0.25) is 0 Å². The summed E-state index contributed by atoms with van der Waals surface area (Å²) in [5, 5.41) is 11.6. The van der Waals surface area contributed by atoms with Crippen molar-refractivity contribution in [1.29, 1.82) is 5.26 Å². The Balaban J connectivity index is 2.05. The Labute approximate surface area is 123 Å². The van der Waals surface area contributed by atoms with Gasteiger partial charge in [-0.15, -0.1) is 0 Å². The largest absolute Gasteiger partial charge is 0.466 e. The predicted octanol–water partition coefficient (Wildman–Crippen LogP) is 2.38. The molecule has 1 aliphatic rings. The van der Waals surface area contributed by atoms with Crippen LogP contribution in [0.25, 0.3) is 0 Å². The van der Waals surface area contributed by atoms with E-state index >= 15 is 0 Å². The van der Waals surface area contributed by atoms with E-state index in [1.807, 2.05) is 13.8 Å². The van der Waals surface area contributed by atoms with Crippen molar-refractivity contribution in [3.8, 4) is 6.07 Å². The molecular weight excluding hydrogens is 270 g/mol. The lowest BCUT2D eigenvalue weighted by Crippen LogP contribution is -2.40. The van der Waals surface area contributed by atoms with Crippen LogP contribution < -0.4 is 5.32 Å². The van der Waals surface area contributed by atoms with E-state index in [0.717, 1.165) is 0 Å². The number of carbonyl (C=O) groups excluding carboxylic acids is 2. The number of hydrogen-bond donors (Lipinski definition) is 1. The third-order valence-electron chi connectivity index (χ3n) is 3.78. The van der Waals surface area contributed by atoms with E-state index in [2.05, 4.69) is 11.4 Å². The van der Waals surface area contributed by atoms with Gasteiger partial charge in [-0.1, -0.05) is 0 Å². The Morgan fingerprint density at radius 1 is 1.48 bits per heavy atom. The van der Waals surface area contributed by atoms with E-state index in [-0.39, 0.29) is 5.91 Å². The maximum Gasteiger partial charge on any atom is 0.325 e. The zero-order valence-electron chi connectivity index (χ0n) is 12.5. The molecule has 1 aliphatic heterocycles. The molecule has 1 unspecified atom stereocenters. The van der Waals surface area contributed by atoms with Crippen molar-refractivity contribution in [2.24, 2.45) is 5.41 Å². The summed E-state index contributed by atoms with van der Waals surface area (Å²) >= 11 is 0. The van der Waals surface area contributed by atoms with Crippen molar-refractivity contribution in [3.05, 3.63) is 24.2 Å². The van der Waals surface area contributed by atoms with E-state index in [9.17, 15) is 9.59 Å². The number of furan rings is 1. The topological polar surface area (TPSA) is 86.3 Å². The second-order valence-corrected chi connectivity index (χ2v) is 6.09. The summed E-state index contributed by atoms with van der Waals surface area (Å²) in [6, 6.07) is 5.13. The number of rotatable bonds is 5. The molecule has 3 amide bonds. The van der Waals surface area contributed by atoms with Crippen LogP contribution in [0.4, 0.5) is 4.79 Å². The van der Waals surface area contributed by atoms with Crippen LogP contribution >= 0.6 is 0 Å².